The summed E-state index contributed by atoms with van der Waals surface area (Å²) < 4.78 is 0. The standard InChI is InChI=1S/C6H12O5/c7-3-1-2-4(8)5(9)6(10)11/h4-5,7-9H,1-3H2,(H,10,11)/t4-,5+/m0/s1. The van der Waals surface area contributed by atoms with Crippen molar-refractivity contribution < 1.29 is 25.2 Å². The fraction of sp³-hybridized carbons (Fsp3) is 0.833. The molecule has 0 bridgehead atoms. The molecule has 0 heterocycles. The first kappa shape index (κ1) is 10.3. The van der Waals surface area contributed by atoms with Crippen LogP contribution in [0.5, 0.6) is 0 Å². The summed E-state index contributed by atoms with van der Waals surface area (Å²) in [5, 5.41) is 34.0. The van der Waals surface area contributed by atoms with E-state index in [9.17, 15) is 4.79 Å². The number of hydrogen-bond donors (Lipinski definition) is 4. The second-order valence-corrected chi connectivity index (χ2v) is 2.22. The fourth-order valence-corrected chi connectivity index (χ4v) is 0.623. The smallest absolute Gasteiger partial charge is 0.335 e. The normalized spacial score (nSPS) is 15.9. The van der Waals surface area contributed by atoms with Crippen molar-refractivity contribution in [3.8, 4) is 0 Å². The van der Waals surface area contributed by atoms with E-state index in [4.69, 9.17) is 20.4 Å². The molecule has 2 atom stereocenters. The number of carboxylic acids is 1. The van der Waals surface area contributed by atoms with Gasteiger partial charge in [0.25, 0.3) is 0 Å². The van der Waals surface area contributed by atoms with Crippen LogP contribution in [-0.4, -0.2) is 45.2 Å². The van der Waals surface area contributed by atoms with Crippen molar-refractivity contribution >= 4 is 5.97 Å². The van der Waals surface area contributed by atoms with Crippen LogP contribution < -0.4 is 0 Å². The second-order valence-electron chi connectivity index (χ2n) is 2.22. The number of carboxylic acid groups (broad SMARTS) is 1. The van der Waals surface area contributed by atoms with Crippen molar-refractivity contribution in [2.24, 2.45) is 0 Å². The molecule has 0 aromatic rings. The molecule has 0 unspecified atom stereocenters. The van der Waals surface area contributed by atoms with E-state index in [-0.39, 0.29) is 19.4 Å². The van der Waals surface area contributed by atoms with Gasteiger partial charge in [-0.3, -0.25) is 0 Å². The maximum Gasteiger partial charge on any atom is 0.335 e. The van der Waals surface area contributed by atoms with Gasteiger partial charge < -0.3 is 20.4 Å². The lowest BCUT2D eigenvalue weighted by atomic mass is 10.1. The minimum Gasteiger partial charge on any atom is -0.479 e. The highest BCUT2D eigenvalue weighted by Gasteiger charge is 2.22. The molecule has 0 amide bonds. The molecule has 66 valence electrons. The van der Waals surface area contributed by atoms with Gasteiger partial charge >= 0.3 is 5.97 Å². The Morgan fingerprint density at radius 2 is 1.91 bits per heavy atom. The van der Waals surface area contributed by atoms with Crippen molar-refractivity contribution in [3.63, 3.8) is 0 Å². The van der Waals surface area contributed by atoms with Gasteiger partial charge in [-0.25, -0.2) is 4.79 Å². The third-order valence-electron chi connectivity index (χ3n) is 1.28. The minimum absolute atomic E-state index is 0.0873. The van der Waals surface area contributed by atoms with Gasteiger partial charge in [0.15, 0.2) is 6.10 Å². The average Bonchev–Trinajstić information content (AvgIpc) is 1.98. The zero-order valence-electron chi connectivity index (χ0n) is 5.97. The first-order valence-corrected chi connectivity index (χ1v) is 3.29. The summed E-state index contributed by atoms with van der Waals surface area (Å²) in [4.78, 5) is 10.0. The molecule has 0 saturated carbocycles. The first-order chi connectivity index (χ1) is 5.09. The van der Waals surface area contributed by atoms with Gasteiger partial charge in [0.05, 0.1) is 6.10 Å². The fourth-order valence-electron chi connectivity index (χ4n) is 0.623. The molecule has 11 heavy (non-hydrogen) atoms. The van der Waals surface area contributed by atoms with E-state index in [1.54, 1.807) is 0 Å². The lowest BCUT2D eigenvalue weighted by molar-refractivity contribution is -0.153. The van der Waals surface area contributed by atoms with Crippen molar-refractivity contribution in [1.82, 2.24) is 0 Å². The number of aliphatic carboxylic acids is 1. The van der Waals surface area contributed by atoms with Crippen LogP contribution in [0.15, 0.2) is 0 Å². The molecule has 0 aliphatic rings. The molecule has 0 rings (SSSR count). The Balaban J connectivity index is 3.63. The van der Waals surface area contributed by atoms with Crippen LogP contribution in [0.3, 0.4) is 0 Å². The molecule has 0 aliphatic carbocycles. The summed E-state index contributed by atoms with van der Waals surface area (Å²) in [6.45, 7) is -0.122. The minimum atomic E-state index is -1.75. The van der Waals surface area contributed by atoms with Crippen LogP contribution in [0.25, 0.3) is 0 Å². The molecule has 5 heteroatoms. The Hall–Kier alpha value is -0.650. The van der Waals surface area contributed by atoms with Gasteiger partial charge in [0.2, 0.25) is 0 Å². The van der Waals surface area contributed by atoms with E-state index in [0.29, 0.717) is 0 Å². The van der Waals surface area contributed by atoms with E-state index in [1.165, 1.54) is 0 Å². The molecule has 0 saturated heterocycles. The highest BCUT2D eigenvalue weighted by atomic mass is 16.4. The third-order valence-corrected chi connectivity index (χ3v) is 1.28. The van der Waals surface area contributed by atoms with Crippen LogP contribution in [0.1, 0.15) is 12.8 Å². The van der Waals surface area contributed by atoms with Crippen molar-refractivity contribution in [2.75, 3.05) is 6.61 Å². The SMILES string of the molecule is O=C(O)[C@H](O)[C@@H](O)CCCO. The predicted molar refractivity (Wildman–Crippen MR) is 36.0 cm³/mol. The second kappa shape index (κ2) is 5.06. The Kier molecular flexibility index (Phi) is 4.76. The molecule has 0 aromatic heterocycles. The van der Waals surface area contributed by atoms with E-state index in [1.807, 2.05) is 0 Å². The number of rotatable bonds is 5. The lowest BCUT2D eigenvalue weighted by Crippen LogP contribution is -2.33. The highest BCUT2D eigenvalue weighted by Crippen LogP contribution is 2.01. The molecule has 0 fully saturated rings. The summed E-state index contributed by atoms with van der Waals surface area (Å²) in [5.41, 5.74) is 0. The van der Waals surface area contributed by atoms with Crippen molar-refractivity contribution in [2.45, 2.75) is 25.0 Å². The first-order valence-electron chi connectivity index (χ1n) is 3.29. The zero-order chi connectivity index (χ0) is 8.85. The van der Waals surface area contributed by atoms with Crippen molar-refractivity contribution in [1.29, 1.82) is 0 Å². The van der Waals surface area contributed by atoms with Crippen molar-refractivity contribution in [3.05, 3.63) is 0 Å². The van der Waals surface area contributed by atoms with Gasteiger partial charge in [0, 0.05) is 6.61 Å². The monoisotopic (exact) mass is 164 g/mol. The molecular formula is C6H12O5. The molecular weight excluding hydrogens is 152 g/mol. The number of aliphatic hydroxyl groups is 3. The summed E-state index contributed by atoms with van der Waals surface area (Å²) in [7, 11) is 0. The number of carbonyl (C=O) groups is 1. The van der Waals surface area contributed by atoms with E-state index in [0.717, 1.165) is 0 Å². The maximum atomic E-state index is 10.0. The molecule has 0 spiro atoms. The quantitative estimate of drug-likeness (QED) is 0.399. The van der Waals surface area contributed by atoms with Crippen LogP contribution in [0, 0.1) is 0 Å². The molecule has 0 aromatic carbocycles. The number of aliphatic hydroxyl groups excluding tert-OH is 3. The maximum absolute atomic E-state index is 10.0. The third kappa shape index (κ3) is 3.92. The van der Waals surface area contributed by atoms with Gasteiger partial charge in [-0.1, -0.05) is 0 Å². The Bertz CT molecular complexity index is 124. The summed E-state index contributed by atoms with van der Waals surface area (Å²) in [5.74, 6) is -1.45. The van der Waals surface area contributed by atoms with Gasteiger partial charge in [-0.2, -0.15) is 0 Å². The Labute approximate surface area is 63.9 Å². The van der Waals surface area contributed by atoms with Crippen LogP contribution in [0.2, 0.25) is 0 Å². The number of hydrogen-bond acceptors (Lipinski definition) is 4. The van der Waals surface area contributed by atoms with E-state index < -0.39 is 18.2 Å². The molecule has 0 aliphatic heterocycles. The van der Waals surface area contributed by atoms with Gasteiger partial charge in [-0.15, -0.1) is 0 Å². The van der Waals surface area contributed by atoms with Gasteiger partial charge in [-0.05, 0) is 12.8 Å². The largest absolute Gasteiger partial charge is 0.479 e. The summed E-state index contributed by atoms with van der Waals surface area (Å²) in [6, 6.07) is 0. The average molecular weight is 164 g/mol. The van der Waals surface area contributed by atoms with E-state index >= 15 is 0 Å². The molecule has 5 nitrogen and oxygen atoms in total. The zero-order valence-corrected chi connectivity index (χ0v) is 5.97. The predicted octanol–water partition coefficient (Wildman–Crippen LogP) is -1.43. The highest BCUT2D eigenvalue weighted by molar-refractivity contribution is 5.72. The van der Waals surface area contributed by atoms with Crippen LogP contribution in [0.4, 0.5) is 0 Å². The summed E-state index contributed by atoms with van der Waals surface area (Å²) >= 11 is 0. The van der Waals surface area contributed by atoms with Gasteiger partial charge in [0.1, 0.15) is 0 Å². The topological polar surface area (TPSA) is 98.0 Å². The van der Waals surface area contributed by atoms with E-state index in [2.05, 4.69) is 0 Å². The summed E-state index contributed by atoms with van der Waals surface area (Å²) in [6.07, 6.45) is -2.67. The Morgan fingerprint density at radius 1 is 1.36 bits per heavy atom. The molecule has 0 radical (unpaired) electrons. The lowest BCUT2D eigenvalue weighted by Gasteiger charge is -2.12. The Morgan fingerprint density at radius 3 is 2.27 bits per heavy atom. The molecule has 4 N–H and O–H groups in total. The van der Waals surface area contributed by atoms with Crippen LogP contribution in [-0.2, 0) is 4.79 Å². The van der Waals surface area contributed by atoms with Crippen LogP contribution >= 0.6 is 0 Å².